The second-order valence-corrected chi connectivity index (χ2v) is 6.12. The average Bonchev–Trinajstić information content (AvgIpc) is 2.64. The summed E-state index contributed by atoms with van der Waals surface area (Å²) < 4.78 is 11.4. The number of hydrogen-bond acceptors (Lipinski definition) is 5. The van der Waals surface area contributed by atoms with E-state index >= 15 is 0 Å². The predicted molar refractivity (Wildman–Crippen MR) is 97.9 cm³/mol. The lowest BCUT2D eigenvalue weighted by atomic mass is 10.1. The molecule has 0 heterocycles. The Labute approximate surface area is 158 Å². The minimum atomic E-state index is -0.530. The third kappa shape index (κ3) is 6.56. The first kappa shape index (κ1) is 19.5. The van der Waals surface area contributed by atoms with Gasteiger partial charge in [0.1, 0.15) is 11.5 Å². The average molecular weight is 421 g/mol. The van der Waals surface area contributed by atoms with E-state index in [0.717, 1.165) is 4.47 Å². The van der Waals surface area contributed by atoms with Crippen molar-refractivity contribution < 1.29 is 23.9 Å². The predicted octanol–water partition coefficient (Wildman–Crippen LogP) is 2.26. The molecule has 26 heavy (non-hydrogen) atoms. The quantitative estimate of drug-likeness (QED) is 0.529. The fraction of sp³-hybridized carbons (Fsp3) is 0.167. The zero-order valence-electron chi connectivity index (χ0n) is 14.0. The van der Waals surface area contributed by atoms with Gasteiger partial charge >= 0.3 is 0 Å². The van der Waals surface area contributed by atoms with Crippen molar-refractivity contribution >= 4 is 33.5 Å². The second kappa shape index (κ2) is 9.57. The van der Waals surface area contributed by atoms with E-state index in [1.54, 1.807) is 48.5 Å². The van der Waals surface area contributed by atoms with Crippen LogP contribution in [0.25, 0.3) is 0 Å². The first-order chi connectivity index (χ1) is 12.4. The van der Waals surface area contributed by atoms with Gasteiger partial charge in [0.15, 0.2) is 19.0 Å². The maximum absolute atomic E-state index is 11.7. The fourth-order valence-corrected chi connectivity index (χ4v) is 2.09. The maximum Gasteiger partial charge on any atom is 0.276 e. The van der Waals surface area contributed by atoms with E-state index in [0.29, 0.717) is 17.1 Å². The van der Waals surface area contributed by atoms with Crippen LogP contribution in [0.1, 0.15) is 17.3 Å². The molecule has 136 valence electrons. The van der Waals surface area contributed by atoms with Crippen LogP contribution >= 0.6 is 15.9 Å². The van der Waals surface area contributed by atoms with Crippen LogP contribution in [0.15, 0.2) is 53.0 Å². The molecule has 0 saturated heterocycles. The molecule has 0 fully saturated rings. The number of ketones is 1. The largest absolute Gasteiger partial charge is 0.484 e. The Morgan fingerprint density at radius 1 is 0.808 bits per heavy atom. The highest BCUT2D eigenvalue weighted by atomic mass is 79.9. The van der Waals surface area contributed by atoms with Crippen LogP contribution in [0.5, 0.6) is 11.5 Å². The smallest absolute Gasteiger partial charge is 0.276 e. The van der Waals surface area contributed by atoms with Crippen molar-refractivity contribution in [2.45, 2.75) is 6.92 Å². The molecule has 2 aromatic rings. The molecule has 0 radical (unpaired) electrons. The molecule has 0 aromatic heterocycles. The normalized spacial score (nSPS) is 9.92. The van der Waals surface area contributed by atoms with Gasteiger partial charge < -0.3 is 9.47 Å². The van der Waals surface area contributed by atoms with E-state index in [9.17, 15) is 14.4 Å². The third-order valence-corrected chi connectivity index (χ3v) is 3.68. The van der Waals surface area contributed by atoms with Gasteiger partial charge in [0.2, 0.25) is 0 Å². The summed E-state index contributed by atoms with van der Waals surface area (Å²) in [6, 6.07) is 13.4. The van der Waals surface area contributed by atoms with Crippen molar-refractivity contribution in [3.8, 4) is 11.5 Å². The van der Waals surface area contributed by atoms with E-state index < -0.39 is 11.8 Å². The Morgan fingerprint density at radius 2 is 1.23 bits per heavy atom. The minimum Gasteiger partial charge on any atom is -0.484 e. The molecule has 0 spiro atoms. The number of rotatable bonds is 7. The van der Waals surface area contributed by atoms with E-state index in [-0.39, 0.29) is 19.0 Å². The molecule has 7 nitrogen and oxygen atoms in total. The standard InChI is InChI=1S/C18H17BrN2O5/c1-12(22)13-2-6-15(7-3-13)25-10-17(23)20-21-18(24)11-26-16-8-4-14(19)5-9-16/h2-9H,10-11H2,1H3,(H,20,23)(H,21,24). The van der Waals surface area contributed by atoms with Gasteiger partial charge in [-0.2, -0.15) is 0 Å². The topological polar surface area (TPSA) is 93.7 Å². The first-order valence-corrected chi connectivity index (χ1v) is 8.43. The molecule has 0 saturated carbocycles. The Balaban J connectivity index is 1.66. The molecule has 2 amide bonds. The number of carbonyl (C=O) groups excluding carboxylic acids is 3. The Hall–Kier alpha value is -2.87. The van der Waals surface area contributed by atoms with Gasteiger partial charge in [0, 0.05) is 10.0 Å². The molecular formula is C18H17BrN2O5. The molecule has 2 N–H and O–H groups in total. The van der Waals surface area contributed by atoms with Crippen molar-refractivity contribution in [2.75, 3.05) is 13.2 Å². The molecule has 0 aliphatic rings. The highest BCUT2D eigenvalue weighted by Crippen LogP contribution is 2.15. The summed E-state index contributed by atoms with van der Waals surface area (Å²) in [7, 11) is 0. The minimum absolute atomic E-state index is 0.0534. The third-order valence-electron chi connectivity index (χ3n) is 3.16. The van der Waals surface area contributed by atoms with Crippen LogP contribution < -0.4 is 20.3 Å². The summed E-state index contributed by atoms with van der Waals surface area (Å²) in [5, 5.41) is 0. The van der Waals surface area contributed by atoms with E-state index in [4.69, 9.17) is 9.47 Å². The van der Waals surface area contributed by atoms with Crippen molar-refractivity contribution in [2.24, 2.45) is 0 Å². The Bertz CT molecular complexity index is 775. The number of Topliss-reactive ketones (excluding diaryl/α,β-unsaturated/α-hetero) is 1. The number of hydrogen-bond donors (Lipinski definition) is 2. The molecule has 0 aliphatic carbocycles. The second-order valence-electron chi connectivity index (χ2n) is 5.21. The molecule has 8 heteroatoms. The van der Waals surface area contributed by atoms with Crippen LogP contribution in [-0.4, -0.2) is 30.8 Å². The first-order valence-electron chi connectivity index (χ1n) is 7.64. The number of hydrazine groups is 1. The SMILES string of the molecule is CC(=O)c1ccc(OCC(=O)NNC(=O)COc2ccc(Br)cc2)cc1. The molecule has 0 atom stereocenters. The van der Waals surface area contributed by atoms with Crippen LogP contribution in [0.2, 0.25) is 0 Å². The van der Waals surface area contributed by atoms with Gasteiger partial charge in [0.25, 0.3) is 11.8 Å². The van der Waals surface area contributed by atoms with E-state index in [2.05, 4.69) is 26.8 Å². The summed E-state index contributed by atoms with van der Waals surface area (Å²) in [6.07, 6.45) is 0. The lowest BCUT2D eigenvalue weighted by Crippen LogP contribution is -2.45. The van der Waals surface area contributed by atoms with Crippen molar-refractivity contribution in [1.29, 1.82) is 0 Å². The van der Waals surface area contributed by atoms with Gasteiger partial charge in [-0.25, -0.2) is 0 Å². The zero-order valence-corrected chi connectivity index (χ0v) is 15.5. The Kier molecular flexibility index (Phi) is 7.16. The van der Waals surface area contributed by atoms with E-state index in [1.807, 2.05) is 0 Å². The zero-order chi connectivity index (χ0) is 18.9. The van der Waals surface area contributed by atoms with Crippen molar-refractivity contribution in [1.82, 2.24) is 10.9 Å². The van der Waals surface area contributed by atoms with Crippen LogP contribution in [0.3, 0.4) is 0 Å². The summed E-state index contributed by atoms with van der Waals surface area (Å²) in [5.74, 6) is -0.117. The van der Waals surface area contributed by atoms with Crippen LogP contribution in [0, 0.1) is 0 Å². The van der Waals surface area contributed by atoms with Gasteiger partial charge in [-0.1, -0.05) is 15.9 Å². The van der Waals surface area contributed by atoms with Gasteiger partial charge in [0.05, 0.1) is 0 Å². The summed E-state index contributed by atoms with van der Waals surface area (Å²) in [5.41, 5.74) is 5.00. The highest BCUT2D eigenvalue weighted by Gasteiger charge is 2.07. The van der Waals surface area contributed by atoms with Gasteiger partial charge in [-0.15, -0.1) is 0 Å². The highest BCUT2D eigenvalue weighted by molar-refractivity contribution is 9.10. The number of benzene rings is 2. The number of halogens is 1. The molecule has 2 aromatic carbocycles. The molecular weight excluding hydrogens is 404 g/mol. The number of amides is 2. The van der Waals surface area contributed by atoms with Gasteiger partial charge in [-0.05, 0) is 55.5 Å². The van der Waals surface area contributed by atoms with Crippen molar-refractivity contribution in [3.05, 3.63) is 58.6 Å². The number of nitrogens with one attached hydrogen (secondary N) is 2. The summed E-state index contributed by atoms with van der Waals surface area (Å²) in [6.45, 7) is 0.939. The summed E-state index contributed by atoms with van der Waals surface area (Å²) >= 11 is 3.30. The van der Waals surface area contributed by atoms with Crippen LogP contribution in [-0.2, 0) is 9.59 Å². The molecule has 0 bridgehead atoms. The lowest BCUT2D eigenvalue weighted by molar-refractivity contribution is -0.131. The van der Waals surface area contributed by atoms with Crippen molar-refractivity contribution in [3.63, 3.8) is 0 Å². The van der Waals surface area contributed by atoms with Gasteiger partial charge in [-0.3, -0.25) is 25.2 Å². The van der Waals surface area contributed by atoms with E-state index in [1.165, 1.54) is 6.92 Å². The molecule has 2 rings (SSSR count). The monoisotopic (exact) mass is 420 g/mol. The molecule has 0 unspecified atom stereocenters. The lowest BCUT2D eigenvalue weighted by Gasteiger charge is -2.10. The fourth-order valence-electron chi connectivity index (χ4n) is 1.83. The maximum atomic E-state index is 11.7. The number of carbonyl (C=O) groups is 3. The van der Waals surface area contributed by atoms with Crippen LogP contribution in [0.4, 0.5) is 0 Å². The summed E-state index contributed by atoms with van der Waals surface area (Å²) in [4.78, 5) is 34.5. The molecule has 0 aliphatic heterocycles. The Morgan fingerprint density at radius 3 is 1.65 bits per heavy atom. The number of ether oxygens (including phenoxy) is 2.